The molecule has 0 aromatic carbocycles. The number of nitrogens with one attached hydrogen (secondary N) is 1. The van der Waals surface area contributed by atoms with Crippen LogP contribution in [0.4, 0.5) is 0 Å². The molecule has 0 spiro atoms. The van der Waals surface area contributed by atoms with Crippen LogP contribution in [0.2, 0.25) is 0 Å². The summed E-state index contributed by atoms with van der Waals surface area (Å²) in [5, 5.41) is 3.35. The van der Waals surface area contributed by atoms with E-state index in [1.54, 1.807) is 24.8 Å². The van der Waals surface area contributed by atoms with Gasteiger partial charge >= 0.3 is 0 Å². The standard InChI is InChI=1S/C12H13BrN4/c1-2-15-12(11-8-14-5-6-16-11)10-4-3-9(13)7-17-10/h3-8,12,15H,2H2,1H3. The van der Waals surface area contributed by atoms with E-state index >= 15 is 0 Å². The second-order valence-corrected chi connectivity index (χ2v) is 4.44. The summed E-state index contributed by atoms with van der Waals surface area (Å²) in [6.07, 6.45) is 6.91. The Morgan fingerprint density at radius 3 is 2.65 bits per heavy atom. The highest BCUT2D eigenvalue weighted by molar-refractivity contribution is 9.10. The SMILES string of the molecule is CCNC(c1ccc(Br)cn1)c1cnccn1. The van der Waals surface area contributed by atoms with Crippen molar-refractivity contribution in [2.24, 2.45) is 0 Å². The van der Waals surface area contributed by atoms with Gasteiger partial charge < -0.3 is 5.32 Å². The van der Waals surface area contributed by atoms with Crippen molar-refractivity contribution in [1.29, 1.82) is 0 Å². The van der Waals surface area contributed by atoms with Crippen LogP contribution in [0, 0.1) is 0 Å². The molecule has 17 heavy (non-hydrogen) atoms. The van der Waals surface area contributed by atoms with Gasteiger partial charge in [-0.1, -0.05) is 6.92 Å². The van der Waals surface area contributed by atoms with Crippen molar-refractivity contribution in [2.75, 3.05) is 6.54 Å². The Kier molecular flexibility index (Phi) is 4.17. The van der Waals surface area contributed by atoms with Crippen molar-refractivity contribution in [1.82, 2.24) is 20.3 Å². The van der Waals surface area contributed by atoms with E-state index in [1.165, 1.54) is 0 Å². The Bertz CT molecular complexity index is 458. The van der Waals surface area contributed by atoms with Crippen LogP contribution in [-0.4, -0.2) is 21.5 Å². The van der Waals surface area contributed by atoms with Gasteiger partial charge in [-0.25, -0.2) is 0 Å². The maximum absolute atomic E-state index is 4.40. The summed E-state index contributed by atoms with van der Waals surface area (Å²) in [5.74, 6) is 0. The van der Waals surface area contributed by atoms with Gasteiger partial charge in [-0.3, -0.25) is 15.0 Å². The molecule has 4 nitrogen and oxygen atoms in total. The van der Waals surface area contributed by atoms with Crippen LogP contribution in [0.15, 0.2) is 41.4 Å². The lowest BCUT2D eigenvalue weighted by molar-refractivity contribution is 0.598. The molecular weight excluding hydrogens is 280 g/mol. The predicted octanol–water partition coefficient (Wildman–Crippen LogP) is 2.33. The average molecular weight is 293 g/mol. The third-order valence-electron chi connectivity index (χ3n) is 2.33. The molecule has 0 radical (unpaired) electrons. The van der Waals surface area contributed by atoms with E-state index in [9.17, 15) is 0 Å². The number of rotatable bonds is 4. The van der Waals surface area contributed by atoms with E-state index in [4.69, 9.17) is 0 Å². The first-order valence-corrected chi connectivity index (χ1v) is 6.21. The molecule has 0 amide bonds. The van der Waals surface area contributed by atoms with Crippen LogP contribution in [0.5, 0.6) is 0 Å². The van der Waals surface area contributed by atoms with E-state index in [-0.39, 0.29) is 6.04 Å². The van der Waals surface area contributed by atoms with Gasteiger partial charge in [-0.15, -0.1) is 0 Å². The second-order valence-electron chi connectivity index (χ2n) is 3.52. The summed E-state index contributed by atoms with van der Waals surface area (Å²) in [6, 6.07) is 3.94. The van der Waals surface area contributed by atoms with Crippen molar-refractivity contribution >= 4 is 15.9 Å². The number of hydrogen-bond acceptors (Lipinski definition) is 4. The maximum atomic E-state index is 4.40. The highest BCUT2D eigenvalue weighted by Crippen LogP contribution is 2.18. The zero-order chi connectivity index (χ0) is 12.1. The normalized spacial score (nSPS) is 12.4. The van der Waals surface area contributed by atoms with Crippen LogP contribution in [0.3, 0.4) is 0 Å². The van der Waals surface area contributed by atoms with Gasteiger partial charge in [0, 0.05) is 23.1 Å². The highest BCUT2D eigenvalue weighted by Gasteiger charge is 2.15. The summed E-state index contributed by atoms with van der Waals surface area (Å²) >= 11 is 3.38. The molecule has 2 aromatic rings. The molecule has 1 unspecified atom stereocenters. The van der Waals surface area contributed by atoms with E-state index in [1.807, 2.05) is 12.1 Å². The highest BCUT2D eigenvalue weighted by atomic mass is 79.9. The van der Waals surface area contributed by atoms with Gasteiger partial charge in [0.05, 0.1) is 23.6 Å². The predicted molar refractivity (Wildman–Crippen MR) is 69.5 cm³/mol. The van der Waals surface area contributed by atoms with Crippen LogP contribution in [-0.2, 0) is 0 Å². The van der Waals surface area contributed by atoms with Crippen molar-refractivity contribution in [3.05, 3.63) is 52.8 Å². The van der Waals surface area contributed by atoms with Crippen molar-refractivity contribution < 1.29 is 0 Å². The third kappa shape index (κ3) is 3.08. The number of hydrogen-bond donors (Lipinski definition) is 1. The molecule has 0 saturated heterocycles. The molecule has 1 atom stereocenters. The third-order valence-corrected chi connectivity index (χ3v) is 2.80. The molecule has 0 aliphatic heterocycles. The molecule has 2 heterocycles. The second kappa shape index (κ2) is 5.84. The molecule has 0 aliphatic carbocycles. The number of halogens is 1. The van der Waals surface area contributed by atoms with E-state index in [2.05, 4.69) is 43.1 Å². The van der Waals surface area contributed by atoms with Crippen molar-refractivity contribution in [3.8, 4) is 0 Å². The van der Waals surface area contributed by atoms with Gasteiger partial charge in [-0.05, 0) is 34.6 Å². The molecule has 5 heteroatoms. The Morgan fingerprint density at radius 2 is 2.06 bits per heavy atom. The summed E-state index contributed by atoms with van der Waals surface area (Å²) in [6.45, 7) is 2.90. The smallest absolute Gasteiger partial charge is 0.0940 e. The van der Waals surface area contributed by atoms with Gasteiger partial charge in [0.15, 0.2) is 0 Å². The van der Waals surface area contributed by atoms with E-state index < -0.39 is 0 Å². The Labute approximate surface area is 109 Å². The summed E-state index contributed by atoms with van der Waals surface area (Å²) in [5.41, 5.74) is 1.82. The molecule has 88 valence electrons. The van der Waals surface area contributed by atoms with Gasteiger partial charge in [0.25, 0.3) is 0 Å². The lowest BCUT2D eigenvalue weighted by Gasteiger charge is -2.16. The minimum absolute atomic E-state index is 0.0122. The van der Waals surface area contributed by atoms with Crippen molar-refractivity contribution in [3.63, 3.8) is 0 Å². The van der Waals surface area contributed by atoms with Crippen LogP contribution >= 0.6 is 15.9 Å². The molecule has 2 aromatic heterocycles. The molecular formula is C12H13BrN4. The average Bonchev–Trinajstić information content (AvgIpc) is 2.38. The van der Waals surface area contributed by atoms with Crippen molar-refractivity contribution in [2.45, 2.75) is 13.0 Å². The van der Waals surface area contributed by atoms with Crippen LogP contribution in [0.25, 0.3) is 0 Å². The fraction of sp³-hybridized carbons (Fsp3) is 0.250. The Morgan fingerprint density at radius 1 is 1.18 bits per heavy atom. The van der Waals surface area contributed by atoms with E-state index in [0.29, 0.717) is 0 Å². The fourth-order valence-electron chi connectivity index (χ4n) is 1.58. The Balaban J connectivity index is 2.32. The largest absolute Gasteiger partial charge is 0.304 e. The molecule has 0 saturated carbocycles. The monoisotopic (exact) mass is 292 g/mol. The maximum Gasteiger partial charge on any atom is 0.0940 e. The summed E-state index contributed by atoms with van der Waals surface area (Å²) in [4.78, 5) is 12.8. The number of nitrogens with zero attached hydrogens (tertiary/aromatic N) is 3. The minimum Gasteiger partial charge on any atom is -0.304 e. The molecule has 0 fully saturated rings. The number of aromatic nitrogens is 3. The first-order valence-electron chi connectivity index (χ1n) is 5.42. The van der Waals surface area contributed by atoms with Crippen LogP contribution < -0.4 is 5.32 Å². The van der Waals surface area contributed by atoms with Gasteiger partial charge in [0.2, 0.25) is 0 Å². The van der Waals surface area contributed by atoms with Gasteiger partial charge in [-0.2, -0.15) is 0 Å². The lowest BCUT2D eigenvalue weighted by Crippen LogP contribution is -2.23. The minimum atomic E-state index is -0.0122. The first kappa shape index (κ1) is 12.1. The van der Waals surface area contributed by atoms with E-state index in [0.717, 1.165) is 22.4 Å². The summed E-state index contributed by atoms with van der Waals surface area (Å²) in [7, 11) is 0. The zero-order valence-corrected chi connectivity index (χ0v) is 11.1. The molecule has 0 aliphatic rings. The lowest BCUT2D eigenvalue weighted by atomic mass is 10.1. The fourth-order valence-corrected chi connectivity index (χ4v) is 1.82. The molecule has 1 N–H and O–H groups in total. The zero-order valence-electron chi connectivity index (χ0n) is 9.47. The van der Waals surface area contributed by atoms with Gasteiger partial charge in [0.1, 0.15) is 0 Å². The number of pyridine rings is 1. The quantitative estimate of drug-likeness (QED) is 0.940. The molecule has 2 rings (SSSR count). The summed E-state index contributed by atoms with van der Waals surface area (Å²) < 4.78 is 0.968. The van der Waals surface area contributed by atoms with Crippen LogP contribution in [0.1, 0.15) is 24.4 Å². The Hall–Kier alpha value is -1.33. The molecule has 0 bridgehead atoms. The topological polar surface area (TPSA) is 50.7 Å². The first-order chi connectivity index (χ1) is 8.31.